The van der Waals surface area contributed by atoms with E-state index < -0.39 is 76.5 Å². The first-order valence-electron chi connectivity index (χ1n) is 11.6. The molecule has 1 aliphatic rings. The molecule has 1 N–H and O–H groups in total. The number of carbonyl (C=O) groups is 3. The first-order valence-corrected chi connectivity index (χ1v) is 13.1. The highest BCUT2D eigenvalue weighted by molar-refractivity contribution is 7.86. The van der Waals surface area contributed by atoms with E-state index in [2.05, 4.69) is 4.98 Å². The molecule has 1 aromatic carbocycles. The van der Waals surface area contributed by atoms with Gasteiger partial charge in [-0.3, -0.25) is 32.9 Å². The minimum atomic E-state index is -4.59. The van der Waals surface area contributed by atoms with Crippen molar-refractivity contribution >= 4 is 28.0 Å². The first-order chi connectivity index (χ1) is 18.2. The van der Waals surface area contributed by atoms with Crippen LogP contribution in [0.5, 0.6) is 0 Å². The summed E-state index contributed by atoms with van der Waals surface area (Å²) in [6.45, 7) is 5.75. The fraction of sp³-hybridized carbons (Fsp3) is 0.458. The van der Waals surface area contributed by atoms with Gasteiger partial charge in [0.2, 0.25) is 0 Å². The first kappa shape index (κ1) is 29.7. The number of hydrogen-bond acceptors (Lipinski definition) is 12. The van der Waals surface area contributed by atoms with Crippen molar-refractivity contribution in [3.05, 3.63) is 62.4 Å². The minimum absolute atomic E-state index is 0.0724. The molecular formula is C24H28N2O12S. The number of nitrogens with zero attached hydrogens (tertiary/aromatic N) is 1. The Labute approximate surface area is 222 Å². The van der Waals surface area contributed by atoms with Crippen LogP contribution < -0.4 is 11.2 Å². The van der Waals surface area contributed by atoms with Crippen molar-refractivity contribution in [1.29, 1.82) is 0 Å². The summed E-state index contributed by atoms with van der Waals surface area (Å²) in [5.74, 6) is -2.53. The third kappa shape index (κ3) is 7.19. The van der Waals surface area contributed by atoms with E-state index >= 15 is 0 Å². The van der Waals surface area contributed by atoms with Gasteiger partial charge in [0.1, 0.15) is 12.7 Å². The highest BCUT2D eigenvalue weighted by Gasteiger charge is 2.53. The predicted octanol–water partition coefficient (Wildman–Crippen LogP) is 0.251. The third-order valence-corrected chi connectivity index (χ3v) is 6.96. The Morgan fingerprint density at radius 1 is 0.923 bits per heavy atom. The van der Waals surface area contributed by atoms with Gasteiger partial charge >= 0.3 is 23.6 Å². The molecule has 0 spiro atoms. The maximum Gasteiger partial charge on any atom is 0.330 e. The number of nitrogens with one attached hydrogen (secondary N) is 1. The van der Waals surface area contributed by atoms with Crippen LogP contribution in [0.15, 0.2) is 44.9 Å². The second-order valence-electron chi connectivity index (χ2n) is 8.82. The van der Waals surface area contributed by atoms with E-state index in [0.717, 1.165) is 37.1 Å². The highest BCUT2D eigenvalue weighted by atomic mass is 32.2. The molecule has 0 radical (unpaired) electrons. The topological polar surface area (TPSA) is 186 Å². The second-order valence-corrected chi connectivity index (χ2v) is 10.4. The number of ether oxygens (including phenoxy) is 4. The molecular weight excluding hydrogens is 540 g/mol. The van der Waals surface area contributed by atoms with E-state index in [4.69, 9.17) is 23.1 Å². The van der Waals surface area contributed by atoms with Gasteiger partial charge in [0.25, 0.3) is 15.7 Å². The van der Waals surface area contributed by atoms with Gasteiger partial charge in [-0.1, -0.05) is 17.7 Å². The van der Waals surface area contributed by atoms with Crippen LogP contribution in [0.2, 0.25) is 0 Å². The number of hydrogen-bond donors (Lipinski definition) is 1. The number of carbonyl (C=O) groups excluding carboxylic acids is 3. The van der Waals surface area contributed by atoms with Crippen molar-refractivity contribution in [3.63, 3.8) is 0 Å². The summed E-state index contributed by atoms with van der Waals surface area (Å²) in [7, 11) is -4.59. The Morgan fingerprint density at radius 3 is 2.08 bits per heavy atom. The van der Waals surface area contributed by atoms with Gasteiger partial charge in [0.05, 0.1) is 4.90 Å². The molecule has 15 heteroatoms. The molecule has 0 saturated carbocycles. The predicted molar refractivity (Wildman–Crippen MR) is 131 cm³/mol. The summed E-state index contributed by atoms with van der Waals surface area (Å²) >= 11 is 0. The highest BCUT2D eigenvalue weighted by Crippen LogP contribution is 2.35. The monoisotopic (exact) mass is 568 g/mol. The fourth-order valence-electron chi connectivity index (χ4n) is 3.90. The van der Waals surface area contributed by atoms with Gasteiger partial charge in [0, 0.05) is 32.5 Å². The van der Waals surface area contributed by atoms with Gasteiger partial charge in [-0.15, -0.1) is 0 Å². The van der Waals surface area contributed by atoms with E-state index in [1.54, 1.807) is 6.92 Å². The van der Waals surface area contributed by atoms with Crippen molar-refractivity contribution in [2.75, 3.05) is 6.61 Å². The smallest absolute Gasteiger partial charge is 0.330 e. The molecule has 212 valence electrons. The minimum Gasteiger partial charge on any atom is -0.463 e. The molecule has 0 bridgehead atoms. The number of benzene rings is 1. The Balaban J connectivity index is 2.21. The van der Waals surface area contributed by atoms with E-state index in [9.17, 15) is 32.4 Å². The summed E-state index contributed by atoms with van der Waals surface area (Å²) in [6.07, 6.45) is -6.98. The molecule has 2 aromatic rings. The van der Waals surface area contributed by atoms with Crippen LogP contribution >= 0.6 is 0 Å². The summed E-state index contributed by atoms with van der Waals surface area (Å²) in [6, 6.07) is 5.63. The SMILES string of the molecule is CC(=O)OC[C@H]1O[C@@H](n2cc(C)c(=O)[nH]c2=O)[C@H](OC(C)=O)[C@@H](OS(=O)(=O)c2ccc(C)cc2)[C@@H]1OC(C)=O. The molecule has 39 heavy (non-hydrogen) atoms. The average Bonchev–Trinajstić information content (AvgIpc) is 2.82. The molecule has 5 atom stereocenters. The summed E-state index contributed by atoms with van der Waals surface area (Å²) in [5, 5.41) is 0. The zero-order valence-electron chi connectivity index (χ0n) is 21.7. The largest absolute Gasteiger partial charge is 0.463 e. The number of esters is 3. The molecule has 1 saturated heterocycles. The molecule has 1 fully saturated rings. The van der Waals surface area contributed by atoms with Crippen LogP contribution in [0.25, 0.3) is 0 Å². The van der Waals surface area contributed by atoms with Gasteiger partial charge in [0.15, 0.2) is 24.5 Å². The fourth-order valence-corrected chi connectivity index (χ4v) is 4.99. The lowest BCUT2D eigenvalue weighted by Gasteiger charge is -2.44. The number of aryl methyl sites for hydroxylation is 2. The van der Waals surface area contributed by atoms with Crippen molar-refractivity contribution in [2.24, 2.45) is 0 Å². The van der Waals surface area contributed by atoms with E-state index in [0.29, 0.717) is 0 Å². The molecule has 1 aromatic heterocycles. The molecule has 0 amide bonds. The maximum absolute atomic E-state index is 13.3. The normalized spacial score (nSPS) is 23.1. The Bertz CT molecular complexity index is 1460. The zero-order chi connectivity index (χ0) is 29.1. The Kier molecular flexibility index (Phi) is 9.09. The van der Waals surface area contributed by atoms with Gasteiger partial charge in [-0.05, 0) is 26.0 Å². The lowest BCUT2D eigenvalue weighted by molar-refractivity contribution is -0.259. The van der Waals surface area contributed by atoms with Crippen molar-refractivity contribution in [1.82, 2.24) is 9.55 Å². The Hall–Kier alpha value is -3.82. The molecule has 2 heterocycles. The summed E-state index contributed by atoms with van der Waals surface area (Å²) in [4.78, 5) is 62.3. The molecule has 3 rings (SSSR count). The second kappa shape index (κ2) is 11.9. The van der Waals surface area contributed by atoms with Crippen LogP contribution in [-0.4, -0.2) is 66.9 Å². The molecule has 1 aliphatic heterocycles. The van der Waals surface area contributed by atoms with Crippen LogP contribution in [0.3, 0.4) is 0 Å². The van der Waals surface area contributed by atoms with Crippen molar-refractivity contribution < 1.29 is 45.9 Å². The number of aromatic amines is 1. The molecule has 0 unspecified atom stereocenters. The van der Waals surface area contributed by atoms with E-state index in [1.807, 2.05) is 0 Å². The number of H-pyrrole nitrogens is 1. The van der Waals surface area contributed by atoms with Crippen molar-refractivity contribution in [3.8, 4) is 0 Å². The standard InChI is InChI=1S/C24H28N2O12S/c1-12-6-8-17(9-7-12)39(32,33)38-20-19(35-15(4)28)18(11-34-14(3)27)37-23(21(20)36-16(5)29)26-10-13(2)22(30)25-24(26)31/h6-10,18-21,23H,11H2,1-5H3,(H,25,30,31)/t18-,19-,20+,21-,23-/m1/s1. The van der Waals surface area contributed by atoms with Crippen LogP contribution in [0.4, 0.5) is 0 Å². The van der Waals surface area contributed by atoms with E-state index in [1.165, 1.54) is 31.2 Å². The zero-order valence-corrected chi connectivity index (χ0v) is 22.6. The quantitative estimate of drug-likeness (QED) is 0.260. The van der Waals surface area contributed by atoms with E-state index in [-0.39, 0.29) is 10.5 Å². The Morgan fingerprint density at radius 2 is 1.51 bits per heavy atom. The van der Waals surface area contributed by atoms with Gasteiger partial charge in [-0.2, -0.15) is 8.42 Å². The van der Waals surface area contributed by atoms with Crippen LogP contribution in [0, 0.1) is 13.8 Å². The average molecular weight is 569 g/mol. The number of rotatable bonds is 8. The number of aromatic nitrogens is 2. The summed E-state index contributed by atoms with van der Waals surface area (Å²) in [5.41, 5.74) is -0.835. The molecule has 14 nitrogen and oxygen atoms in total. The third-order valence-electron chi connectivity index (χ3n) is 5.63. The lowest BCUT2D eigenvalue weighted by atomic mass is 9.97. The van der Waals surface area contributed by atoms with Gasteiger partial charge in [-0.25, -0.2) is 4.79 Å². The lowest BCUT2D eigenvalue weighted by Crippen LogP contribution is -2.61. The van der Waals surface area contributed by atoms with Crippen molar-refractivity contribution in [2.45, 2.75) is 70.2 Å². The summed E-state index contributed by atoms with van der Waals surface area (Å²) < 4.78 is 54.7. The maximum atomic E-state index is 13.3. The molecule has 0 aliphatic carbocycles. The van der Waals surface area contributed by atoms with Crippen LogP contribution in [-0.2, 0) is 47.6 Å². The van der Waals surface area contributed by atoms with Gasteiger partial charge < -0.3 is 18.9 Å². The van der Waals surface area contributed by atoms with Crippen LogP contribution in [0.1, 0.15) is 38.1 Å².